The Kier molecular flexibility index (Phi) is 4.36. The Morgan fingerprint density at radius 1 is 1.39 bits per heavy atom. The molecule has 1 aliphatic rings. The van der Waals surface area contributed by atoms with Crippen LogP contribution in [0.4, 0.5) is 5.82 Å². The maximum atomic E-state index is 11.8. The quantitative estimate of drug-likeness (QED) is 0.868. The van der Waals surface area contributed by atoms with Crippen LogP contribution in [0.2, 0.25) is 0 Å². The van der Waals surface area contributed by atoms with E-state index >= 15 is 0 Å². The highest BCUT2D eigenvalue weighted by Gasteiger charge is 2.14. The van der Waals surface area contributed by atoms with Crippen molar-refractivity contribution in [1.82, 2.24) is 14.5 Å². The molecule has 18 heavy (non-hydrogen) atoms. The van der Waals surface area contributed by atoms with Crippen LogP contribution < -0.4 is 10.9 Å². The Hall–Kier alpha value is -1.36. The van der Waals surface area contributed by atoms with Crippen LogP contribution in [0, 0.1) is 0 Å². The summed E-state index contributed by atoms with van der Waals surface area (Å²) < 4.78 is 1.54. The Balaban J connectivity index is 1.92. The number of hydrogen-bond donors (Lipinski definition) is 1. The van der Waals surface area contributed by atoms with Crippen molar-refractivity contribution in [2.24, 2.45) is 7.05 Å². The monoisotopic (exact) mass is 250 g/mol. The van der Waals surface area contributed by atoms with Crippen LogP contribution in [-0.2, 0) is 7.05 Å². The molecule has 100 valence electrons. The van der Waals surface area contributed by atoms with Crippen molar-refractivity contribution in [3.8, 4) is 0 Å². The third kappa shape index (κ3) is 3.32. The fraction of sp³-hybridized carbons (Fsp3) is 0.692. The van der Waals surface area contributed by atoms with Gasteiger partial charge in [-0.05, 0) is 32.9 Å². The summed E-state index contributed by atoms with van der Waals surface area (Å²) in [5, 5.41) is 3.21. The molecular weight excluding hydrogens is 228 g/mol. The van der Waals surface area contributed by atoms with Crippen molar-refractivity contribution in [2.75, 3.05) is 25.0 Å². The van der Waals surface area contributed by atoms with Gasteiger partial charge >= 0.3 is 0 Å². The highest BCUT2D eigenvalue weighted by atomic mass is 16.1. The lowest BCUT2D eigenvalue weighted by Gasteiger charge is -2.29. The number of anilines is 1. The Bertz CT molecular complexity index is 437. The third-order valence-corrected chi connectivity index (χ3v) is 3.38. The predicted octanol–water partition coefficient (Wildman–Crippen LogP) is 1.07. The van der Waals surface area contributed by atoms with Gasteiger partial charge in [-0.2, -0.15) is 0 Å². The van der Waals surface area contributed by atoms with E-state index in [0.717, 1.165) is 6.54 Å². The SMILES string of the molecule is CC(CN1CCCCC1)Nc1nccn(C)c1=O. The molecule has 1 atom stereocenters. The first-order valence-corrected chi connectivity index (χ1v) is 6.67. The number of nitrogens with one attached hydrogen (secondary N) is 1. The van der Waals surface area contributed by atoms with Crippen molar-refractivity contribution < 1.29 is 0 Å². The lowest BCUT2D eigenvalue weighted by Crippen LogP contribution is -2.39. The number of likely N-dealkylation sites (tertiary alicyclic amines) is 1. The molecule has 1 unspecified atom stereocenters. The van der Waals surface area contributed by atoms with Crippen LogP contribution >= 0.6 is 0 Å². The zero-order chi connectivity index (χ0) is 13.0. The molecule has 2 heterocycles. The maximum Gasteiger partial charge on any atom is 0.293 e. The lowest BCUT2D eigenvalue weighted by atomic mass is 10.1. The fourth-order valence-electron chi connectivity index (χ4n) is 2.41. The van der Waals surface area contributed by atoms with Crippen LogP contribution in [0.15, 0.2) is 17.2 Å². The summed E-state index contributed by atoms with van der Waals surface area (Å²) in [7, 11) is 1.74. The zero-order valence-electron chi connectivity index (χ0n) is 11.2. The van der Waals surface area contributed by atoms with Gasteiger partial charge in [0.25, 0.3) is 5.56 Å². The van der Waals surface area contributed by atoms with Gasteiger partial charge in [0.15, 0.2) is 5.82 Å². The van der Waals surface area contributed by atoms with Crippen LogP contribution in [0.5, 0.6) is 0 Å². The molecule has 5 nitrogen and oxygen atoms in total. The number of aromatic nitrogens is 2. The molecule has 1 N–H and O–H groups in total. The second-order valence-corrected chi connectivity index (χ2v) is 5.10. The van der Waals surface area contributed by atoms with Gasteiger partial charge in [0, 0.05) is 32.0 Å². The maximum absolute atomic E-state index is 11.8. The van der Waals surface area contributed by atoms with E-state index in [9.17, 15) is 4.79 Å². The Labute approximate surface area is 108 Å². The number of hydrogen-bond acceptors (Lipinski definition) is 4. The van der Waals surface area contributed by atoms with Gasteiger partial charge in [-0.3, -0.25) is 4.79 Å². The zero-order valence-corrected chi connectivity index (χ0v) is 11.2. The van der Waals surface area contributed by atoms with Crippen molar-refractivity contribution in [1.29, 1.82) is 0 Å². The molecule has 0 radical (unpaired) electrons. The summed E-state index contributed by atoms with van der Waals surface area (Å²) in [6.45, 7) is 5.42. The minimum Gasteiger partial charge on any atom is -0.362 e. The van der Waals surface area contributed by atoms with Crippen LogP contribution in [0.1, 0.15) is 26.2 Å². The summed E-state index contributed by atoms with van der Waals surface area (Å²) in [5.41, 5.74) is -0.0667. The van der Waals surface area contributed by atoms with Gasteiger partial charge in [0.05, 0.1) is 0 Å². The van der Waals surface area contributed by atoms with E-state index in [0.29, 0.717) is 5.82 Å². The van der Waals surface area contributed by atoms with Crippen molar-refractivity contribution in [3.05, 3.63) is 22.7 Å². The largest absolute Gasteiger partial charge is 0.362 e. The van der Waals surface area contributed by atoms with Gasteiger partial charge in [-0.1, -0.05) is 6.42 Å². The molecule has 0 aliphatic carbocycles. The van der Waals surface area contributed by atoms with E-state index in [4.69, 9.17) is 0 Å². The summed E-state index contributed by atoms with van der Waals surface area (Å²) in [5.74, 6) is 0.449. The summed E-state index contributed by atoms with van der Waals surface area (Å²) in [4.78, 5) is 18.4. The molecule has 5 heteroatoms. The van der Waals surface area contributed by atoms with Gasteiger partial charge in [-0.15, -0.1) is 0 Å². The van der Waals surface area contributed by atoms with E-state index in [-0.39, 0.29) is 11.6 Å². The lowest BCUT2D eigenvalue weighted by molar-refractivity contribution is 0.223. The smallest absolute Gasteiger partial charge is 0.293 e. The van der Waals surface area contributed by atoms with Gasteiger partial charge < -0.3 is 14.8 Å². The number of aryl methyl sites for hydroxylation is 1. The minimum absolute atomic E-state index is 0.0667. The molecular formula is C13H22N4O. The van der Waals surface area contributed by atoms with Gasteiger partial charge in [0.1, 0.15) is 0 Å². The van der Waals surface area contributed by atoms with E-state index in [1.165, 1.54) is 32.4 Å². The molecule has 0 amide bonds. The highest BCUT2D eigenvalue weighted by Crippen LogP contribution is 2.09. The average molecular weight is 250 g/mol. The fourth-order valence-corrected chi connectivity index (χ4v) is 2.41. The Morgan fingerprint density at radius 3 is 2.83 bits per heavy atom. The summed E-state index contributed by atoms with van der Waals surface area (Å²) in [6.07, 6.45) is 7.25. The first kappa shape index (κ1) is 13.1. The second-order valence-electron chi connectivity index (χ2n) is 5.10. The average Bonchev–Trinajstić information content (AvgIpc) is 2.36. The third-order valence-electron chi connectivity index (χ3n) is 3.38. The topological polar surface area (TPSA) is 50.2 Å². The molecule has 2 rings (SSSR count). The van der Waals surface area contributed by atoms with Crippen molar-refractivity contribution in [3.63, 3.8) is 0 Å². The van der Waals surface area contributed by atoms with Crippen LogP contribution in [0.25, 0.3) is 0 Å². The van der Waals surface area contributed by atoms with Crippen LogP contribution in [0.3, 0.4) is 0 Å². The molecule has 1 aromatic heterocycles. The molecule has 0 spiro atoms. The second kappa shape index (κ2) is 6.00. The normalized spacial score (nSPS) is 18.6. The number of rotatable bonds is 4. The van der Waals surface area contributed by atoms with Crippen LogP contribution in [-0.4, -0.2) is 40.1 Å². The van der Waals surface area contributed by atoms with Gasteiger partial charge in [-0.25, -0.2) is 4.98 Å². The van der Waals surface area contributed by atoms with E-state index < -0.39 is 0 Å². The summed E-state index contributed by atoms with van der Waals surface area (Å²) >= 11 is 0. The number of nitrogens with zero attached hydrogens (tertiary/aromatic N) is 3. The predicted molar refractivity (Wildman–Crippen MR) is 72.9 cm³/mol. The first-order valence-electron chi connectivity index (χ1n) is 6.67. The molecule has 1 aromatic rings. The molecule has 0 saturated carbocycles. The Morgan fingerprint density at radius 2 is 2.11 bits per heavy atom. The van der Waals surface area contributed by atoms with Gasteiger partial charge in [0.2, 0.25) is 0 Å². The van der Waals surface area contributed by atoms with E-state index in [1.807, 2.05) is 0 Å². The van der Waals surface area contributed by atoms with Crippen molar-refractivity contribution in [2.45, 2.75) is 32.2 Å². The first-order chi connectivity index (χ1) is 8.66. The molecule has 1 saturated heterocycles. The minimum atomic E-state index is -0.0667. The summed E-state index contributed by atoms with van der Waals surface area (Å²) in [6, 6.07) is 0.241. The highest BCUT2D eigenvalue weighted by molar-refractivity contribution is 5.31. The van der Waals surface area contributed by atoms with E-state index in [1.54, 1.807) is 24.0 Å². The molecule has 1 aliphatic heterocycles. The van der Waals surface area contributed by atoms with Crippen molar-refractivity contribution >= 4 is 5.82 Å². The molecule has 0 bridgehead atoms. The van der Waals surface area contributed by atoms with E-state index in [2.05, 4.69) is 22.1 Å². The molecule has 0 aromatic carbocycles. The number of piperidine rings is 1. The molecule has 1 fully saturated rings. The standard InChI is InChI=1S/C13H22N4O/c1-11(10-17-7-4-3-5-8-17)15-12-13(18)16(2)9-6-14-12/h6,9,11H,3-5,7-8,10H2,1-2H3,(H,14,15).